The van der Waals surface area contributed by atoms with Crippen LogP contribution in [0.4, 0.5) is 0 Å². The van der Waals surface area contributed by atoms with Gasteiger partial charge in [-0.3, -0.25) is 9.89 Å². The van der Waals surface area contributed by atoms with Gasteiger partial charge < -0.3 is 15.2 Å². The minimum absolute atomic E-state index is 0.0114. The van der Waals surface area contributed by atoms with Gasteiger partial charge in [-0.25, -0.2) is 0 Å². The van der Waals surface area contributed by atoms with E-state index in [1.807, 2.05) is 31.2 Å². The smallest absolute Gasteiger partial charge is 0.269 e. The molecular formula is C18H23N3O3. The predicted molar refractivity (Wildman–Crippen MR) is 90.9 cm³/mol. The van der Waals surface area contributed by atoms with E-state index in [0.29, 0.717) is 11.4 Å². The van der Waals surface area contributed by atoms with Crippen molar-refractivity contribution in [1.29, 1.82) is 0 Å². The van der Waals surface area contributed by atoms with Crippen molar-refractivity contribution < 1.29 is 14.6 Å². The van der Waals surface area contributed by atoms with Gasteiger partial charge in [-0.1, -0.05) is 13.3 Å². The van der Waals surface area contributed by atoms with Crippen LogP contribution in [-0.4, -0.2) is 41.0 Å². The first-order valence-electron chi connectivity index (χ1n) is 8.17. The molecule has 6 nitrogen and oxygen atoms in total. The number of H-pyrrole nitrogens is 1. The van der Waals surface area contributed by atoms with Crippen molar-refractivity contribution >= 4 is 5.91 Å². The Morgan fingerprint density at radius 3 is 2.88 bits per heavy atom. The Labute approximate surface area is 141 Å². The average Bonchev–Trinajstić information content (AvgIpc) is 3.23. The number of methoxy groups -OCH3 is 1. The Bertz CT molecular complexity index is 711. The second-order valence-electron chi connectivity index (χ2n) is 6.63. The Morgan fingerprint density at radius 1 is 1.46 bits per heavy atom. The molecule has 1 heterocycles. The van der Waals surface area contributed by atoms with E-state index in [-0.39, 0.29) is 24.0 Å². The highest BCUT2D eigenvalue weighted by atomic mass is 16.5. The minimum atomic E-state index is -0.242. The predicted octanol–water partition coefficient (Wildman–Crippen LogP) is 2.37. The van der Waals surface area contributed by atoms with Crippen molar-refractivity contribution in [2.75, 3.05) is 13.7 Å². The van der Waals surface area contributed by atoms with Crippen LogP contribution in [0.2, 0.25) is 0 Å². The second-order valence-corrected chi connectivity index (χ2v) is 6.63. The zero-order valence-electron chi connectivity index (χ0n) is 14.0. The van der Waals surface area contributed by atoms with Gasteiger partial charge in [0, 0.05) is 17.0 Å². The molecule has 0 bridgehead atoms. The van der Waals surface area contributed by atoms with E-state index in [9.17, 15) is 9.90 Å². The molecule has 0 radical (unpaired) electrons. The summed E-state index contributed by atoms with van der Waals surface area (Å²) in [5.74, 6) is 0.589. The summed E-state index contributed by atoms with van der Waals surface area (Å²) in [6.07, 6.45) is 2.83. The van der Waals surface area contributed by atoms with E-state index < -0.39 is 0 Å². The maximum absolute atomic E-state index is 12.5. The molecule has 0 saturated heterocycles. The van der Waals surface area contributed by atoms with E-state index >= 15 is 0 Å². The monoisotopic (exact) mass is 329 g/mol. The molecule has 0 aliphatic heterocycles. The first-order chi connectivity index (χ1) is 11.6. The van der Waals surface area contributed by atoms with Gasteiger partial charge >= 0.3 is 0 Å². The molecule has 3 rings (SSSR count). The summed E-state index contributed by atoms with van der Waals surface area (Å²) in [5.41, 5.74) is 1.80. The van der Waals surface area contributed by atoms with E-state index in [4.69, 9.17) is 4.74 Å². The Kier molecular flexibility index (Phi) is 4.57. The topological polar surface area (TPSA) is 87.2 Å². The molecule has 3 N–H and O–H groups in total. The first-order valence-corrected chi connectivity index (χ1v) is 8.17. The van der Waals surface area contributed by atoms with Crippen molar-refractivity contribution in [2.24, 2.45) is 5.41 Å². The van der Waals surface area contributed by atoms with Crippen LogP contribution in [0.15, 0.2) is 30.3 Å². The van der Waals surface area contributed by atoms with Gasteiger partial charge in [0.15, 0.2) is 0 Å². The van der Waals surface area contributed by atoms with Gasteiger partial charge in [-0.2, -0.15) is 5.10 Å². The third kappa shape index (κ3) is 3.14. The minimum Gasteiger partial charge on any atom is -0.497 e. The quantitative estimate of drug-likeness (QED) is 0.786. The number of rotatable bonds is 5. The molecule has 1 aliphatic carbocycles. The Morgan fingerprint density at radius 2 is 2.21 bits per heavy atom. The highest BCUT2D eigenvalue weighted by Gasteiger charge is 2.39. The maximum atomic E-state index is 12.5. The van der Waals surface area contributed by atoms with E-state index in [1.54, 1.807) is 13.2 Å². The van der Waals surface area contributed by atoms with Crippen LogP contribution >= 0.6 is 0 Å². The van der Waals surface area contributed by atoms with Crippen LogP contribution in [0.5, 0.6) is 5.75 Å². The zero-order chi connectivity index (χ0) is 17.2. The molecule has 128 valence electrons. The Hall–Kier alpha value is -2.34. The fourth-order valence-corrected chi connectivity index (χ4v) is 3.25. The highest BCUT2D eigenvalue weighted by Crippen LogP contribution is 2.37. The van der Waals surface area contributed by atoms with Crippen LogP contribution in [0.25, 0.3) is 11.3 Å². The normalized spacial score (nSPS) is 23.2. The van der Waals surface area contributed by atoms with Gasteiger partial charge in [0.2, 0.25) is 0 Å². The third-order valence-corrected chi connectivity index (χ3v) is 4.96. The number of amides is 1. The van der Waals surface area contributed by atoms with E-state index in [0.717, 1.165) is 30.6 Å². The van der Waals surface area contributed by atoms with Crippen LogP contribution in [0, 0.1) is 5.41 Å². The molecule has 6 heteroatoms. The van der Waals surface area contributed by atoms with Gasteiger partial charge in [0.05, 0.1) is 19.4 Å². The number of nitrogens with one attached hydrogen (secondary N) is 2. The number of aromatic amines is 1. The highest BCUT2D eigenvalue weighted by molar-refractivity contribution is 5.93. The molecular weight excluding hydrogens is 306 g/mol. The lowest BCUT2D eigenvalue weighted by Gasteiger charge is -2.29. The molecule has 1 fully saturated rings. The van der Waals surface area contributed by atoms with Crippen LogP contribution in [-0.2, 0) is 0 Å². The zero-order valence-corrected chi connectivity index (χ0v) is 14.0. The Balaban J connectivity index is 1.71. The number of ether oxygens (including phenoxy) is 1. The van der Waals surface area contributed by atoms with Crippen molar-refractivity contribution in [3.8, 4) is 17.0 Å². The lowest BCUT2D eigenvalue weighted by Crippen LogP contribution is -2.44. The summed E-state index contributed by atoms with van der Waals surface area (Å²) >= 11 is 0. The number of benzene rings is 1. The summed E-state index contributed by atoms with van der Waals surface area (Å²) in [7, 11) is 1.62. The number of aliphatic hydroxyl groups is 1. The number of hydrogen-bond donors (Lipinski definition) is 3. The summed E-state index contributed by atoms with van der Waals surface area (Å²) in [4.78, 5) is 12.5. The fraction of sp³-hybridized carbons (Fsp3) is 0.444. The van der Waals surface area contributed by atoms with Gasteiger partial charge in [-0.15, -0.1) is 0 Å². The summed E-state index contributed by atoms with van der Waals surface area (Å²) < 4.78 is 5.14. The molecule has 2 unspecified atom stereocenters. The lowest BCUT2D eigenvalue weighted by molar-refractivity contribution is 0.0826. The van der Waals surface area contributed by atoms with Crippen LogP contribution < -0.4 is 10.1 Å². The molecule has 1 aromatic carbocycles. The molecule has 1 amide bonds. The summed E-state index contributed by atoms with van der Waals surface area (Å²) in [6, 6.07) is 9.24. The molecule has 0 spiro atoms. The second kappa shape index (κ2) is 6.65. The number of carbonyl (C=O) groups is 1. The van der Waals surface area contributed by atoms with Crippen LogP contribution in [0.3, 0.4) is 0 Å². The largest absolute Gasteiger partial charge is 0.497 e. The molecule has 1 aromatic heterocycles. The van der Waals surface area contributed by atoms with E-state index in [2.05, 4.69) is 15.5 Å². The molecule has 2 atom stereocenters. The molecule has 1 aliphatic rings. The first kappa shape index (κ1) is 16.5. The number of nitrogens with zero attached hydrogens (tertiary/aromatic N) is 1. The maximum Gasteiger partial charge on any atom is 0.269 e. The summed E-state index contributed by atoms with van der Waals surface area (Å²) in [5, 5.41) is 19.6. The third-order valence-electron chi connectivity index (χ3n) is 4.96. The number of aliphatic hydroxyl groups excluding tert-OH is 1. The lowest BCUT2D eigenvalue weighted by atomic mass is 9.86. The van der Waals surface area contributed by atoms with E-state index in [1.165, 1.54) is 0 Å². The van der Waals surface area contributed by atoms with Crippen molar-refractivity contribution in [2.45, 2.75) is 32.2 Å². The number of carbonyl (C=O) groups excluding carboxylic acids is 1. The van der Waals surface area contributed by atoms with Gasteiger partial charge in [0.1, 0.15) is 11.4 Å². The summed E-state index contributed by atoms with van der Waals surface area (Å²) in [6.45, 7) is 2.10. The van der Waals surface area contributed by atoms with Crippen molar-refractivity contribution in [3.63, 3.8) is 0 Å². The fourth-order valence-electron chi connectivity index (χ4n) is 3.25. The van der Waals surface area contributed by atoms with Crippen LogP contribution in [0.1, 0.15) is 36.7 Å². The van der Waals surface area contributed by atoms with Crippen molar-refractivity contribution in [3.05, 3.63) is 36.0 Å². The SMILES string of the molecule is COc1ccc(-c2cc(C(=O)NC3CCCC3(C)CO)[nH]n2)cc1. The van der Waals surface area contributed by atoms with Gasteiger partial charge in [-0.05, 0) is 43.2 Å². The number of hydrogen-bond acceptors (Lipinski definition) is 4. The number of aromatic nitrogens is 2. The molecule has 2 aromatic rings. The standard InChI is InChI=1S/C18H23N3O3/c1-18(11-22)9-3-4-16(18)19-17(23)15-10-14(20-21-15)12-5-7-13(24-2)8-6-12/h5-8,10,16,22H,3-4,9,11H2,1-2H3,(H,19,23)(H,20,21). The average molecular weight is 329 g/mol. The van der Waals surface area contributed by atoms with Gasteiger partial charge in [0.25, 0.3) is 5.91 Å². The molecule has 1 saturated carbocycles. The molecule has 24 heavy (non-hydrogen) atoms. The van der Waals surface area contributed by atoms with Crippen molar-refractivity contribution in [1.82, 2.24) is 15.5 Å².